The van der Waals surface area contributed by atoms with Gasteiger partial charge in [-0.1, -0.05) is 23.2 Å². The Labute approximate surface area is 85.3 Å². The number of aromatic nitrogens is 1. The molecule has 1 aromatic heterocycles. The zero-order valence-corrected chi connectivity index (χ0v) is 8.40. The van der Waals surface area contributed by atoms with Crippen molar-refractivity contribution >= 4 is 23.2 Å². The van der Waals surface area contributed by atoms with E-state index in [-0.39, 0.29) is 16.7 Å². The Morgan fingerprint density at radius 2 is 2.15 bits per heavy atom. The normalized spacial score (nSPS) is 13.0. The van der Waals surface area contributed by atoms with Crippen molar-refractivity contribution in [2.75, 3.05) is 0 Å². The molecule has 0 aromatic carbocycles. The van der Waals surface area contributed by atoms with Crippen molar-refractivity contribution < 1.29 is 9.50 Å². The summed E-state index contributed by atoms with van der Waals surface area (Å²) in [5, 5.41) is 8.93. The fourth-order valence-corrected chi connectivity index (χ4v) is 1.34. The highest BCUT2D eigenvalue weighted by Crippen LogP contribution is 2.21. The van der Waals surface area contributed by atoms with Crippen LogP contribution in [0.5, 0.6) is 0 Å². The van der Waals surface area contributed by atoms with Gasteiger partial charge in [-0.15, -0.1) is 0 Å². The van der Waals surface area contributed by atoms with E-state index in [0.717, 1.165) is 0 Å². The molecule has 13 heavy (non-hydrogen) atoms. The summed E-state index contributed by atoms with van der Waals surface area (Å²) in [6.45, 7) is 1.59. The molecule has 0 spiro atoms. The van der Waals surface area contributed by atoms with E-state index in [1.165, 1.54) is 6.07 Å². The van der Waals surface area contributed by atoms with Crippen molar-refractivity contribution in [1.29, 1.82) is 0 Å². The molecule has 0 aliphatic carbocycles. The van der Waals surface area contributed by atoms with Gasteiger partial charge < -0.3 is 5.11 Å². The van der Waals surface area contributed by atoms with Crippen molar-refractivity contribution in [3.63, 3.8) is 0 Å². The Kier molecular flexibility index (Phi) is 3.47. The van der Waals surface area contributed by atoms with E-state index in [1.807, 2.05) is 0 Å². The van der Waals surface area contributed by atoms with Crippen LogP contribution in [0, 0.1) is 5.82 Å². The number of aliphatic hydroxyl groups is 1. The number of hydrogen-bond donors (Lipinski definition) is 1. The molecule has 1 unspecified atom stereocenters. The van der Waals surface area contributed by atoms with Crippen LogP contribution in [-0.2, 0) is 6.42 Å². The van der Waals surface area contributed by atoms with Crippen molar-refractivity contribution in [2.24, 2.45) is 0 Å². The fraction of sp³-hybridized carbons (Fsp3) is 0.375. The van der Waals surface area contributed by atoms with Crippen molar-refractivity contribution in [1.82, 2.24) is 4.98 Å². The summed E-state index contributed by atoms with van der Waals surface area (Å²) in [5.74, 6) is -0.623. The van der Waals surface area contributed by atoms with E-state index in [9.17, 15) is 4.39 Å². The summed E-state index contributed by atoms with van der Waals surface area (Å²) in [6, 6.07) is 1.18. The predicted molar refractivity (Wildman–Crippen MR) is 49.6 cm³/mol. The number of nitrogens with zero attached hydrogens (tertiary/aromatic N) is 1. The molecular weight excluding hydrogens is 216 g/mol. The van der Waals surface area contributed by atoms with Gasteiger partial charge in [0.1, 0.15) is 5.15 Å². The Morgan fingerprint density at radius 1 is 1.54 bits per heavy atom. The lowest BCUT2D eigenvalue weighted by Crippen LogP contribution is -2.06. The van der Waals surface area contributed by atoms with Crippen molar-refractivity contribution in [2.45, 2.75) is 19.4 Å². The van der Waals surface area contributed by atoms with Crippen molar-refractivity contribution in [3.05, 3.63) is 27.8 Å². The first-order valence-corrected chi connectivity index (χ1v) is 4.44. The van der Waals surface area contributed by atoms with Gasteiger partial charge in [-0.25, -0.2) is 9.37 Å². The average Bonchev–Trinajstić information content (AvgIpc) is 1.99. The lowest BCUT2D eigenvalue weighted by Gasteiger charge is -2.06. The van der Waals surface area contributed by atoms with Crippen LogP contribution in [0.25, 0.3) is 0 Å². The second kappa shape index (κ2) is 4.22. The molecule has 0 bridgehead atoms. The lowest BCUT2D eigenvalue weighted by atomic mass is 10.1. The van der Waals surface area contributed by atoms with Crippen LogP contribution in [0.3, 0.4) is 0 Å². The van der Waals surface area contributed by atoms with Crippen LogP contribution < -0.4 is 0 Å². The minimum Gasteiger partial charge on any atom is -0.393 e. The Balaban J connectivity index is 3.01. The SMILES string of the molecule is CC(O)Cc1cc(F)c(Cl)nc1Cl. The van der Waals surface area contributed by atoms with Gasteiger partial charge in [-0.3, -0.25) is 0 Å². The molecule has 1 atom stereocenters. The third-order valence-corrected chi connectivity index (χ3v) is 2.07. The molecule has 0 aliphatic rings. The molecule has 0 saturated carbocycles. The first-order chi connectivity index (χ1) is 6.00. The summed E-state index contributed by atoms with van der Waals surface area (Å²) in [4.78, 5) is 3.57. The highest BCUT2D eigenvalue weighted by atomic mass is 35.5. The Hall–Kier alpha value is -0.380. The highest BCUT2D eigenvalue weighted by molar-refractivity contribution is 6.32. The number of halogens is 3. The molecule has 1 heterocycles. The van der Waals surface area contributed by atoms with Crippen molar-refractivity contribution in [3.8, 4) is 0 Å². The number of rotatable bonds is 2. The maximum atomic E-state index is 12.9. The topological polar surface area (TPSA) is 33.1 Å². The van der Waals surface area contributed by atoms with Gasteiger partial charge >= 0.3 is 0 Å². The molecule has 0 fully saturated rings. The van der Waals surface area contributed by atoms with E-state index in [4.69, 9.17) is 28.3 Å². The summed E-state index contributed by atoms with van der Waals surface area (Å²) in [6.07, 6.45) is -0.320. The number of hydrogen-bond acceptors (Lipinski definition) is 2. The highest BCUT2D eigenvalue weighted by Gasteiger charge is 2.10. The first-order valence-electron chi connectivity index (χ1n) is 3.69. The van der Waals surface area contributed by atoms with E-state index < -0.39 is 11.9 Å². The fourth-order valence-electron chi connectivity index (χ4n) is 0.945. The largest absolute Gasteiger partial charge is 0.393 e. The molecule has 0 saturated heterocycles. The number of pyridine rings is 1. The van der Waals surface area contributed by atoms with Gasteiger partial charge in [0.15, 0.2) is 11.0 Å². The van der Waals surface area contributed by atoms with Crippen LogP contribution in [0.4, 0.5) is 4.39 Å². The first kappa shape index (κ1) is 10.7. The third-order valence-electron chi connectivity index (χ3n) is 1.47. The number of aliphatic hydroxyl groups excluding tert-OH is 1. The quantitative estimate of drug-likeness (QED) is 0.782. The monoisotopic (exact) mass is 223 g/mol. The minimum atomic E-state index is -0.623. The maximum absolute atomic E-state index is 12.9. The minimum absolute atomic E-state index is 0.132. The zero-order chi connectivity index (χ0) is 10.0. The molecule has 1 rings (SSSR count). The van der Waals surface area contributed by atoms with Gasteiger partial charge in [0.05, 0.1) is 6.10 Å². The zero-order valence-electron chi connectivity index (χ0n) is 6.89. The second-order valence-corrected chi connectivity index (χ2v) is 3.48. The van der Waals surface area contributed by atoms with E-state index >= 15 is 0 Å². The molecule has 0 radical (unpaired) electrons. The predicted octanol–water partition coefficient (Wildman–Crippen LogP) is 2.45. The van der Waals surface area contributed by atoms with Crippen LogP contribution in [0.15, 0.2) is 6.07 Å². The van der Waals surface area contributed by atoms with E-state index in [0.29, 0.717) is 5.56 Å². The smallest absolute Gasteiger partial charge is 0.166 e. The molecule has 0 amide bonds. The molecule has 1 N–H and O–H groups in total. The van der Waals surface area contributed by atoms with Gasteiger partial charge in [0.2, 0.25) is 0 Å². The van der Waals surface area contributed by atoms with Crippen LogP contribution in [0.1, 0.15) is 12.5 Å². The summed E-state index contributed by atoms with van der Waals surface area (Å²) < 4.78 is 12.9. The van der Waals surface area contributed by atoms with Gasteiger partial charge in [-0.2, -0.15) is 0 Å². The Morgan fingerprint density at radius 3 is 2.69 bits per heavy atom. The molecule has 5 heteroatoms. The molecule has 1 aromatic rings. The Bertz CT molecular complexity index is 317. The average molecular weight is 224 g/mol. The lowest BCUT2D eigenvalue weighted by molar-refractivity contribution is 0.195. The van der Waals surface area contributed by atoms with Crippen LogP contribution in [0.2, 0.25) is 10.3 Å². The molecule has 0 aliphatic heterocycles. The second-order valence-electron chi connectivity index (χ2n) is 2.76. The summed E-state index contributed by atoms with van der Waals surface area (Å²) in [7, 11) is 0. The summed E-state index contributed by atoms with van der Waals surface area (Å²) in [5.41, 5.74) is 0.457. The molecular formula is C8H8Cl2FNO. The van der Waals surface area contributed by atoms with Crippen LogP contribution >= 0.6 is 23.2 Å². The van der Waals surface area contributed by atoms with Gasteiger partial charge in [0.25, 0.3) is 0 Å². The maximum Gasteiger partial charge on any atom is 0.166 e. The van der Waals surface area contributed by atoms with E-state index in [1.54, 1.807) is 6.92 Å². The van der Waals surface area contributed by atoms with E-state index in [2.05, 4.69) is 4.98 Å². The molecule has 72 valence electrons. The van der Waals surface area contributed by atoms with Gasteiger partial charge in [-0.05, 0) is 18.6 Å². The summed E-state index contributed by atoms with van der Waals surface area (Å²) >= 11 is 11.1. The standard InChI is InChI=1S/C8H8Cl2FNO/c1-4(13)2-5-3-6(11)8(10)12-7(5)9/h3-4,13H,2H2,1H3. The van der Waals surface area contributed by atoms with Crippen LogP contribution in [-0.4, -0.2) is 16.2 Å². The van der Waals surface area contributed by atoms with Gasteiger partial charge in [0, 0.05) is 6.42 Å². The molecule has 2 nitrogen and oxygen atoms in total. The third kappa shape index (κ3) is 2.79.